The number of hydrogen-bond acceptors (Lipinski definition) is 5. The van der Waals surface area contributed by atoms with Gasteiger partial charge in [0.05, 0.1) is 0 Å². The van der Waals surface area contributed by atoms with Crippen LogP contribution in [0.3, 0.4) is 0 Å². The van der Waals surface area contributed by atoms with Crippen LogP contribution in [0.5, 0.6) is 0 Å². The molecule has 0 unspecified atom stereocenters. The fourth-order valence-corrected chi connectivity index (χ4v) is 1.74. The van der Waals surface area contributed by atoms with Crippen molar-refractivity contribution in [3.05, 3.63) is 11.9 Å². The Hall–Kier alpha value is -1.36. The van der Waals surface area contributed by atoms with Crippen molar-refractivity contribution in [1.29, 1.82) is 0 Å². The van der Waals surface area contributed by atoms with Crippen LogP contribution in [-0.4, -0.2) is 34.8 Å². The molecule has 0 saturated heterocycles. The highest BCUT2D eigenvalue weighted by atomic mass is 16.2. The summed E-state index contributed by atoms with van der Waals surface area (Å²) >= 11 is 0. The van der Waals surface area contributed by atoms with Gasteiger partial charge in [-0.1, -0.05) is 12.8 Å². The molecule has 0 atom stereocenters. The zero-order valence-corrected chi connectivity index (χ0v) is 11.4. The standard InChI is InChI=1S/C13H24N4O/c1-3-14-12-10-13(17-11(2)16-12)15-8-6-4-5-7-9-18/h10,18H,3-9H2,1-2H3,(H2,14,15,16,17). The summed E-state index contributed by atoms with van der Waals surface area (Å²) in [5.74, 6) is 2.52. The van der Waals surface area contributed by atoms with Gasteiger partial charge < -0.3 is 15.7 Å². The summed E-state index contributed by atoms with van der Waals surface area (Å²) in [5, 5.41) is 15.2. The number of rotatable bonds is 9. The molecule has 0 fully saturated rings. The fraction of sp³-hybridized carbons (Fsp3) is 0.692. The van der Waals surface area contributed by atoms with E-state index in [1.807, 2.05) is 19.9 Å². The first-order chi connectivity index (χ1) is 8.76. The van der Waals surface area contributed by atoms with Crippen LogP contribution in [0.15, 0.2) is 6.07 Å². The van der Waals surface area contributed by atoms with Gasteiger partial charge in [0.2, 0.25) is 0 Å². The lowest BCUT2D eigenvalue weighted by molar-refractivity contribution is 0.283. The first-order valence-electron chi connectivity index (χ1n) is 6.70. The second kappa shape index (κ2) is 8.69. The number of nitrogens with one attached hydrogen (secondary N) is 2. The molecule has 102 valence electrons. The third-order valence-corrected chi connectivity index (χ3v) is 2.59. The lowest BCUT2D eigenvalue weighted by Gasteiger charge is -2.09. The van der Waals surface area contributed by atoms with Crippen molar-refractivity contribution in [3.63, 3.8) is 0 Å². The van der Waals surface area contributed by atoms with E-state index < -0.39 is 0 Å². The van der Waals surface area contributed by atoms with Crippen molar-refractivity contribution in [2.24, 2.45) is 0 Å². The Labute approximate surface area is 109 Å². The predicted molar refractivity (Wildman–Crippen MR) is 75.0 cm³/mol. The van der Waals surface area contributed by atoms with Gasteiger partial charge >= 0.3 is 0 Å². The molecule has 0 spiro atoms. The Morgan fingerprint density at radius 2 is 1.72 bits per heavy atom. The maximum absolute atomic E-state index is 8.67. The molecule has 1 heterocycles. The summed E-state index contributed by atoms with van der Waals surface area (Å²) < 4.78 is 0. The molecule has 5 nitrogen and oxygen atoms in total. The van der Waals surface area contributed by atoms with E-state index in [2.05, 4.69) is 20.6 Å². The Morgan fingerprint density at radius 3 is 2.39 bits per heavy atom. The summed E-state index contributed by atoms with van der Waals surface area (Å²) in [4.78, 5) is 8.65. The van der Waals surface area contributed by atoms with Gasteiger partial charge in [0.1, 0.15) is 17.5 Å². The molecule has 0 aliphatic rings. The van der Waals surface area contributed by atoms with Gasteiger partial charge in [-0.25, -0.2) is 9.97 Å². The van der Waals surface area contributed by atoms with Crippen LogP contribution in [0.25, 0.3) is 0 Å². The van der Waals surface area contributed by atoms with E-state index in [4.69, 9.17) is 5.11 Å². The van der Waals surface area contributed by atoms with E-state index in [0.717, 1.165) is 56.2 Å². The molecular weight excluding hydrogens is 228 g/mol. The quantitative estimate of drug-likeness (QED) is 0.588. The summed E-state index contributed by atoms with van der Waals surface area (Å²) in [5.41, 5.74) is 0. The smallest absolute Gasteiger partial charge is 0.131 e. The lowest BCUT2D eigenvalue weighted by Crippen LogP contribution is -2.07. The number of aliphatic hydroxyl groups is 1. The molecule has 0 saturated carbocycles. The molecule has 0 amide bonds. The van der Waals surface area contributed by atoms with E-state index in [1.165, 1.54) is 0 Å². The highest BCUT2D eigenvalue weighted by Crippen LogP contribution is 2.11. The van der Waals surface area contributed by atoms with Gasteiger partial charge in [-0.15, -0.1) is 0 Å². The molecule has 5 heteroatoms. The molecule has 1 aromatic rings. The zero-order valence-electron chi connectivity index (χ0n) is 11.4. The Bertz CT molecular complexity index is 344. The minimum Gasteiger partial charge on any atom is -0.396 e. The van der Waals surface area contributed by atoms with Crippen molar-refractivity contribution in [2.45, 2.75) is 39.5 Å². The summed E-state index contributed by atoms with van der Waals surface area (Å²) in [7, 11) is 0. The van der Waals surface area contributed by atoms with Crippen LogP contribution in [0.2, 0.25) is 0 Å². The Morgan fingerprint density at radius 1 is 1.06 bits per heavy atom. The third kappa shape index (κ3) is 5.82. The summed E-state index contributed by atoms with van der Waals surface area (Å²) in [6, 6.07) is 1.93. The van der Waals surface area contributed by atoms with E-state index in [-0.39, 0.29) is 0 Å². The van der Waals surface area contributed by atoms with E-state index >= 15 is 0 Å². The third-order valence-electron chi connectivity index (χ3n) is 2.59. The van der Waals surface area contributed by atoms with Crippen LogP contribution in [0.1, 0.15) is 38.4 Å². The van der Waals surface area contributed by atoms with Crippen molar-refractivity contribution in [2.75, 3.05) is 30.3 Å². The molecule has 0 bridgehead atoms. The maximum atomic E-state index is 8.67. The monoisotopic (exact) mass is 252 g/mol. The number of aliphatic hydroxyl groups excluding tert-OH is 1. The second-order valence-electron chi connectivity index (χ2n) is 4.28. The first kappa shape index (κ1) is 14.7. The van der Waals surface area contributed by atoms with E-state index in [9.17, 15) is 0 Å². The molecular formula is C13H24N4O. The van der Waals surface area contributed by atoms with Gasteiger partial charge in [0.15, 0.2) is 0 Å². The number of aromatic nitrogens is 2. The minimum atomic E-state index is 0.296. The van der Waals surface area contributed by atoms with E-state index in [1.54, 1.807) is 0 Å². The van der Waals surface area contributed by atoms with Crippen molar-refractivity contribution < 1.29 is 5.11 Å². The average Bonchev–Trinajstić information content (AvgIpc) is 2.33. The number of nitrogens with zero attached hydrogens (tertiary/aromatic N) is 2. The molecule has 1 aromatic heterocycles. The number of anilines is 2. The first-order valence-corrected chi connectivity index (χ1v) is 6.70. The van der Waals surface area contributed by atoms with Crippen LogP contribution in [0.4, 0.5) is 11.6 Å². The minimum absolute atomic E-state index is 0.296. The fourth-order valence-electron chi connectivity index (χ4n) is 1.74. The molecule has 0 radical (unpaired) electrons. The molecule has 18 heavy (non-hydrogen) atoms. The van der Waals surface area contributed by atoms with Crippen molar-refractivity contribution in [1.82, 2.24) is 9.97 Å². The average molecular weight is 252 g/mol. The number of unbranched alkanes of at least 4 members (excludes halogenated alkanes) is 3. The van der Waals surface area contributed by atoms with Crippen LogP contribution in [0, 0.1) is 6.92 Å². The van der Waals surface area contributed by atoms with Gasteiger partial charge in [-0.2, -0.15) is 0 Å². The lowest BCUT2D eigenvalue weighted by atomic mass is 10.2. The Kier molecular flexibility index (Phi) is 7.10. The molecule has 0 aromatic carbocycles. The van der Waals surface area contributed by atoms with Crippen molar-refractivity contribution in [3.8, 4) is 0 Å². The van der Waals surface area contributed by atoms with Gasteiger partial charge in [-0.05, 0) is 26.7 Å². The number of aryl methyl sites for hydroxylation is 1. The Balaban J connectivity index is 2.32. The van der Waals surface area contributed by atoms with Crippen LogP contribution >= 0.6 is 0 Å². The highest BCUT2D eigenvalue weighted by Gasteiger charge is 2.00. The molecule has 3 N–H and O–H groups in total. The molecule has 1 rings (SSSR count). The van der Waals surface area contributed by atoms with Crippen molar-refractivity contribution >= 4 is 11.6 Å². The van der Waals surface area contributed by atoms with Gasteiger partial charge in [0, 0.05) is 25.8 Å². The molecule has 0 aliphatic carbocycles. The van der Waals surface area contributed by atoms with Gasteiger partial charge in [0.25, 0.3) is 0 Å². The van der Waals surface area contributed by atoms with E-state index in [0.29, 0.717) is 6.61 Å². The topological polar surface area (TPSA) is 70.1 Å². The summed E-state index contributed by atoms with van der Waals surface area (Å²) in [6.45, 7) is 6.01. The van der Waals surface area contributed by atoms with Crippen LogP contribution in [-0.2, 0) is 0 Å². The normalized spacial score (nSPS) is 10.4. The van der Waals surface area contributed by atoms with Gasteiger partial charge in [-0.3, -0.25) is 0 Å². The summed E-state index contributed by atoms with van der Waals surface area (Å²) in [6.07, 6.45) is 4.22. The maximum Gasteiger partial charge on any atom is 0.131 e. The SMILES string of the molecule is CCNc1cc(NCCCCCCO)nc(C)n1. The largest absolute Gasteiger partial charge is 0.396 e. The zero-order chi connectivity index (χ0) is 13.2. The predicted octanol–water partition coefficient (Wildman–Crippen LogP) is 2.18. The second-order valence-corrected chi connectivity index (χ2v) is 4.28. The van der Waals surface area contributed by atoms with Crippen LogP contribution < -0.4 is 10.6 Å². The molecule has 0 aliphatic heterocycles. The number of hydrogen-bond donors (Lipinski definition) is 3. The highest BCUT2D eigenvalue weighted by molar-refractivity contribution is 5.47.